The van der Waals surface area contributed by atoms with E-state index in [9.17, 15) is 0 Å². The molecule has 0 fully saturated rings. The van der Waals surface area contributed by atoms with E-state index in [0.717, 1.165) is 10.2 Å². The lowest BCUT2D eigenvalue weighted by Gasteiger charge is -2.20. The Morgan fingerprint density at radius 3 is 1.40 bits per heavy atom. The average Bonchev–Trinajstić information content (AvgIpc) is 1.58. The normalized spacial score (nSPS) is 12.3. The van der Waals surface area contributed by atoms with E-state index in [0.29, 0.717) is 17.9 Å². The van der Waals surface area contributed by atoms with E-state index in [1.165, 1.54) is 0 Å². The van der Waals surface area contributed by atoms with Crippen LogP contribution in [-0.4, -0.2) is 28.1 Å². The molecule has 0 aromatic heterocycles. The summed E-state index contributed by atoms with van der Waals surface area (Å²) in [5.41, 5.74) is 0. The lowest BCUT2D eigenvalue weighted by molar-refractivity contribution is 0.452. The van der Waals surface area contributed by atoms with Crippen molar-refractivity contribution in [1.29, 1.82) is 0 Å². The molecule has 10 heavy (non-hydrogen) atoms. The van der Waals surface area contributed by atoms with E-state index in [2.05, 4.69) is 38.3 Å². The van der Waals surface area contributed by atoms with Crippen molar-refractivity contribution in [3.8, 4) is 0 Å². The molecule has 0 amide bonds. The van der Waals surface area contributed by atoms with Crippen LogP contribution >= 0.6 is 0 Å². The first kappa shape index (κ1) is 10.1. The molecule has 0 radical (unpaired) electrons. The van der Waals surface area contributed by atoms with Crippen molar-refractivity contribution in [3.05, 3.63) is 0 Å². The first-order chi connectivity index (χ1) is 4.52. The standard InChI is InChI=1S/C7H20N2Si/c1-5(2)8-7(10)9-6(3)4/h5-9H,1-4,10H3. The van der Waals surface area contributed by atoms with Gasteiger partial charge in [-0.05, 0) is 27.7 Å². The van der Waals surface area contributed by atoms with Crippen LogP contribution in [0.4, 0.5) is 0 Å². The Labute approximate surface area is 67.2 Å². The van der Waals surface area contributed by atoms with Crippen LogP contribution in [0.2, 0.25) is 0 Å². The highest BCUT2D eigenvalue weighted by Crippen LogP contribution is 1.81. The van der Waals surface area contributed by atoms with Gasteiger partial charge in [-0.3, -0.25) is 0 Å². The summed E-state index contributed by atoms with van der Waals surface area (Å²) in [5, 5.41) is 6.85. The van der Waals surface area contributed by atoms with Crippen molar-refractivity contribution in [3.63, 3.8) is 0 Å². The van der Waals surface area contributed by atoms with Crippen LogP contribution in [0.25, 0.3) is 0 Å². The molecule has 0 spiro atoms. The minimum atomic E-state index is 0.556. The van der Waals surface area contributed by atoms with Gasteiger partial charge in [0.2, 0.25) is 0 Å². The van der Waals surface area contributed by atoms with E-state index in [1.807, 2.05) is 0 Å². The third kappa shape index (κ3) is 6.26. The van der Waals surface area contributed by atoms with Gasteiger partial charge in [0.15, 0.2) is 0 Å². The van der Waals surface area contributed by atoms with Gasteiger partial charge in [0, 0.05) is 28.1 Å². The van der Waals surface area contributed by atoms with Gasteiger partial charge < -0.3 is 10.6 Å². The molecule has 0 aliphatic heterocycles. The number of rotatable bonds is 4. The zero-order valence-electron chi connectivity index (χ0n) is 7.73. The zero-order chi connectivity index (χ0) is 8.15. The summed E-state index contributed by atoms with van der Waals surface area (Å²) < 4.78 is 0. The predicted molar refractivity (Wildman–Crippen MR) is 50.3 cm³/mol. The highest BCUT2D eigenvalue weighted by Gasteiger charge is 2.02. The van der Waals surface area contributed by atoms with Crippen molar-refractivity contribution in [2.75, 3.05) is 0 Å². The number of hydrogen-bond donors (Lipinski definition) is 2. The molecule has 0 aromatic rings. The van der Waals surface area contributed by atoms with Crippen LogP contribution in [0, 0.1) is 0 Å². The molecule has 2 nitrogen and oxygen atoms in total. The molecule has 3 heteroatoms. The molecule has 0 aliphatic rings. The summed E-state index contributed by atoms with van der Waals surface area (Å²) in [6, 6.07) is 1.18. The molecule has 0 saturated carbocycles. The fourth-order valence-electron chi connectivity index (χ4n) is 1.05. The maximum Gasteiger partial charge on any atom is 0.0423 e. The molecule has 0 unspecified atom stereocenters. The van der Waals surface area contributed by atoms with Gasteiger partial charge in [0.05, 0.1) is 0 Å². The molecule has 0 aromatic carbocycles. The molecule has 62 valence electrons. The molecule has 0 saturated heterocycles. The lowest BCUT2D eigenvalue weighted by Crippen LogP contribution is -2.48. The summed E-state index contributed by atoms with van der Waals surface area (Å²) in [6.45, 7) is 8.69. The van der Waals surface area contributed by atoms with Gasteiger partial charge in [0.25, 0.3) is 0 Å². The molecule has 0 atom stereocenters. The molecule has 0 bridgehead atoms. The van der Waals surface area contributed by atoms with Crippen LogP contribution in [0.3, 0.4) is 0 Å². The maximum absolute atomic E-state index is 3.42. The summed E-state index contributed by atoms with van der Waals surface area (Å²) in [4.78, 5) is 0. The Kier molecular flexibility index (Phi) is 4.94. The van der Waals surface area contributed by atoms with E-state index >= 15 is 0 Å². The van der Waals surface area contributed by atoms with Crippen molar-refractivity contribution in [2.24, 2.45) is 0 Å². The molecule has 2 N–H and O–H groups in total. The number of hydrogen-bond acceptors (Lipinski definition) is 2. The second-order valence-electron chi connectivity index (χ2n) is 3.36. The maximum atomic E-state index is 3.42. The van der Waals surface area contributed by atoms with Crippen molar-refractivity contribution >= 4 is 10.2 Å². The highest BCUT2D eigenvalue weighted by atomic mass is 28.1. The second kappa shape index (κ2) is 4.88. The third-order valence-electron chi connectivity index (χ3n) is 1.17. The van der Waals surface area contributed by atoms with Gasteiger partial charge in [-0.25, -0.2) is 0 Å². The van der Waals surface area contributed by atoms with E-state index in [-0.39, 0.29) is 0 Å². The van der Waals surface area contributed by atoms with Gasteiger partial charge in [-0.2, -0.15) is 0 Å². The Morgan fingerprint density at radius 2 is 1.20 bits per heavy atom. The summed E-state index contributed by atoms with van der Waals surface area (Å²) in [6.07, 6.45) is 0. The van der Waals surface area contributed by atoms with E-state index < -0.39 is 0 Å². The quantitative estimate of drug-likeness (QED) is 0.433. The molecular formula is C7H20N2Si. The first-order valence-corrected chi connectivity index (χ1v) is 5.20. The zero-order valence-corrected chi connectivity index (χ0v) is 9.73. The lowest BCUT2D eigenvalue weighted by atomic mass is 10.4. The molecule has 0 aliphatic carbocycles. The third-order valence-corrected chi connectivity index (χ3v) is 1.83. The summed E-state index contributed by atoms with van der Waals surface area (Å²) in [5.74, 6) is 0.556. The minimum absolute atomic E-state index is 0.556. The SMILES string of the molecule is CC(C)NC([SiH3])NC(C)C. The predicted octanol–water partition coefficient (Wildman–Crippen LogP) is -0.369. The fourth-order valence-corrected chi connectivity index (χ4v) is 2.38. The van der Waals surface area contributed by atoms with Gasteiger partial charge in [-0.15, -0.1) is 0 Å². The topological polar surface area (TPSA) is 24.1 Å². The van der Waals surface area contributed by atoms with Crippen molar-refractivity contribution < 1.29 is 0 Å². The van der Waals surface area contributed by atoms with Gasteiger partial charge in [-0.1, -0.05) is 0 Å². The monoisotopic (exact) mass is 160 g/mol. The highest BCUT2D eigenvalue weighted by molar-refractivity contribution is 6.11. The van der Waals surface area contributed by atoms with Crippen LogP contribution in [0.15, 0.2) is 0 Å². The molecule has 0 heterocycles. The summed E-state index contributed by atoms with van der Waals surface area (Å²) in [7, 11) is 1.16. The van der Waals surface area contributed by atoms with Crippen LogP contribution < -0.4 is 10.6 Å². The Morgan fingerprint density at radius 1 is 0.900 bits per heavy atom. The van der Waals surface area contributed by atoms with Crippen molar-refractivity contribution in [1.82, 2.24) is 10.6 Å². The van der Waals surface area contributed by atoms with Crippen molar-refractivity contribution in [2.45, 2.75) is 45.6 Å². The fraction of sp³-hybridized carbons (Fsp3) is 1.00. The van der Waals surface area contributed by atoms with Crippen LogP contribution in [0.1, 0.15) is 27.7 Å². The van der Waals surface area contributed by atoms with E-state index in [4.69, 9.17) is 0 Å². The number of nitrogens with one attached hydrogen (secondary N) is 2. The van der Waals surface area contributed by atoms with Gasteiger partial charge >= 0.3 is 0 Å². The van der Waals surface area contributed by atoms with Crippen LogP contribution in [-0.2, 0) is 0 Å². The van der Waals surface area contributed by atoms with Crippen LogP contribution in [0.5, 0.6) is 0 Å². The minimum Gasteiger partial charge on any atom is -0.303 e. The Bertz CT molecular complexity index is 73.7. The molecular weight excluding hydrogens is 140 g/mol. The van der Waals surface area contributed by atoms with E-state index in [1.54, 1.807) is 0 Å². The Hall–Kier alpha value is 0.137. The largest absolute Gasteiger partial charge is 0.303 e. The average molecular weight is 160 g/mol. The van der Waals surface area contributed by atoms with Gasteiger partial charge in [0.1, 0.15) is 0 Å². The smallest absolute Gasteiger partial charge is 0.0423 e. The Balaban J connectivity index is 3.34. The first-order valence-electron chi connectivity index (χ1n) is 4.04. The second-order valence-corrected chi connectivity index (χ2v) is 4.52. The molecule has 0 rings (SSSR count). The summed E-state index contributed by atoms with van der Waals surface area (Å²) >= 11 is 0.